The van der Waals surface area contributed by atoms with E-state index in [-0.39, 0.29) is 24.3 Å². The lowest BCUT2D eigenvalue weighted by atomic mass is 9.81. The zero-order chi connectivity index (χ0) is 29.6. The van der Waals surface area contributed by atoms with Crippen molar-refractivity contribution in [2.75, 3.05) is 13.7 Å². The van der Waals surface area contributed by atoms with Gasteiger partial charge in [-0.1, -0.05) is 37.4 Å². The normalized spacial score (nSPS) is 38.6. The predicted octanol–water partition coefficient (Wildman–Crippen LogP) is 0.585. The third-order valence-electron chi connectivity index (χ3n) is 8.68. The van der Waals surface area contributed by atoms with Crippen molar-refractivity contribution < 1.29 is 53.7 Å². The van der Waals surface area contributed by atoms with E-state index < -0.39 is 79.4 Å². The molecular formula is C30H36O11. The summed E-state index contributed by atoms with van der Waals surface area (Å²) in [7, 11) is 1.56. The number of carbonyl (C=O) groups excluding carboxylic acids is 2. The van der Waals surface area contributed by atoms with Gasteiger partial charge in [-0.15, -0.1) is 0 Å². The fourth-order valence-corrected chi connectivity index (χ4v) is 6.46. The molecule has 1 aromatic carbocycles. The van der Waals surface area contributed by atoms with Crippen LogP contribution in [0, 0.1) is 17.8 Å². The highest BCUT2D eigenvalue weighted by Crippen LogP contribution is 2.53. The molecule has 11 heteroatoms. The van der Waals surface area contributed by atoms with Crippen molar-refractivity contribution in [1.82, 2.24) is 0 Å². The van der Waals surface area contributed by atoms with E-state index in [0.717, 1.165) is 11.1 Å². The Hall–Kier alpha value is -3.06. The summed E-state index contributed by atoms with van der Waals surface area (Å²) in [5.74, 6) is -1.69. The molecular weight excluding hydrogens is 536 g/mol. The molecule has 0 amide bonds. The summed E-state index contributed by atoms with van der Waals surface area (Å²) in [5.41, 5.74) is 2.28. The van der Waals surface area contributed by atoms with Gasteiger partial charge in [0.1, 0.15) is 42.4 Å². The first-order chi connectivity index (χ1) is 19.5. The molecule has 0 radical (unpaired) electrons. The Labute approximate surface area is 237 Å². The lowest BCUT2D eigenvalue weighted by Gasteiger charge is -2.40. The summed E-state index contributed by atoms with van der Waals surface area (Å²) in [6.07, 6.45) is -8.60. The van der Waals surface area contributed by atoms with E-state index in [2.05, 4.69) is 19.7 Å². The van der Waals surface area contributed by atoms with Crippen LogP contribution in [0.25, 0.3) is 0 Å². The average Bonchev–Trinajstić information content (AvgIpc) is 3.39. The third kappa shape index (κ3) is 5.45. The topological polar surface area (TPSA) is 161 Å². The summed E-state index contributed by atoms with van der Waals surface area (Å²) < 4.78 is 28.4. The Morgan fingerprint density at radius 3 is 2.41 bits per heavy atom. The zero-order valence-corrected chi connectivity index (χ0v) is 22.8. The van der Waals surface area contributed by atoms with Gasteiger partial charge < -0.3 is 44.1 Å². The Kier molecular flexibility index (Phi) is 8.38. The minimum absolute atomic E-state index is 0.0280. The lowest BCUT2D eigenvalue weighted by Crippen LogP contribution is -2.59. The van der Waals surface area contributed by atoms with Crippen LogP contribution < -0.4 is 4.74 Å². The smallest absolute Gasteiger partial charge is 0.334 e. The van der Waals surface area contributed by atoms with Crippen LogP contribution in [0.5, 0.6) is 5.75 Å². The second-order valence-electron chi connectivity index (χ2n) is 11.1. The Balaban J connectivity index is 1.32. The summed E-state index contributed by atoms with van der Waals surface area (Å²) in [4.78, 5) is 25.7. The third-order valence-corrected chi connectivity index (χ3v) is 8.68. The van der Waals surface area contributed by atoms with Gasteiger partial charge in [0.05, 0.1) is 32.2 Å². The number of ether oxygens (including phenoxy) is 5. The minimum atomic E-state index is -1.59. The van der Waals surface area contributed by atoms with E-state index in [1.165, 1.54) is 0 Å². The Morgan fingerprint density at radius 2 is 1.76 bits per heavy atom. The van der Waals surface area contributed by atoms with Crippen LogP contribution >= 0.6 is 0 Å². The average molecular weight is 573 g/mol. The van der Waals surface area contributed by atoms with E-state index in [4.69, 9.17) is 23.7 Å². The molecule has 4 fully saturated rings. The summed E-state index contributed by atoms with van der Waals surface area (Å²) in [5, 5.41) is 40.2. The molecule has 1 aromatic rings. The monoisotopic (exact) mass is 572 g/mol. The van der Waals surface area contributed by atoms with Crippen LogP contribution in [0.15, 0.2) is 60.7 Å². The number of hydrogen-bond acceptors (Lipinski definition) is 11. The van der Waals surface area contributed by atoms with Gasteiger partial charge in [-0.05, 0) is 35.6 Å². The maximum Gasteiger partial charge on any atom is 0.334 e. The number of aliphatic hydroxyl groups excluding tert-OH is 4. The molecule has 0 unspecified atom stereocenters. The molecule has 2 saturated heterocycles. The molecule has 4 N–H and O–H groups in total. The van der Waals surface area contributed by atoms with E-state index in [1.807, 2.05) is 0 Å². The van der Waals surface area contributed by atoms with Gasteiger partial charge in [0.25, 0.3) is 0 Å². The van der Waals surface area contributed by atoms with Gasteiger partial charge >= 0.3 is 11.9 Å². The largest absolute Gasteiger partial charge is 0.497 e. The fourth-order valence-electron chi connectivity index (χ4n) is 6.46. The minimum Gasteiger partial charge on any atom is -0.497 e. The molecule has 2 saturated carbocycles. The Morgan fingerprint density at radius 1 is 1.05 bits per heavy atom. The van der Waals surface area contributed by atoms with E-state index >= 15 is 0 Å². The second kappa shape index (κ2) is 11.7. The molecule has 41 heavy (non-hydrogen) atoms. The molecule has 11 atom stereocenters. The molecule has 5 rings (SSSR count). The van der Waals surface area contributed by atoms with Crippen LogP contribution in [0.2, 0.25) is 0 Å². The molecule has 11 nitrogen and oxygen atoms in total. The Bertz CT molecular complexity index is 1210. The fraction of sp³-hybridized carbons (Fsp3) is 0.533. The second-order valence-corrected chi connectivity index (χ2v) is 11.1. The number of hydrogen-bond donors (Lipinski definition) is 4. The standard InChI is InChI=1S/C30H36O11/c1-13-9-20(38-22(32)10-16-5-7-17(37-4)8-6-16)24-15(3)29(36)41-28(24)23-14(2)19(11-18(13)23)39-30-27(35)26(34)25(33)21(12-31)40-30/h5-8,18-21,23-28,30-31,33-35H,1-3,9-12H2,4H3/t18-,19-,20+,21+,23-,24+,25-,26+,27+,28+,30-/m0/s1. The molecule has 0 aromatic heterocycles. The summed E-state index contributed by atoms with van der Waals surface area (Å²) in [6, 6.07) is 7.07. The first kappa shape index (κ1) is 29.4. The van der Waals surface area contributed by atoms with Crippen molar-refractivity contribution in [1.29, 1.82) is 0 Å². The molecule has 2 heterocycles. The number of carbonyl (C=O) groups is 2. The number of methoxy groups -OCH3 is 1. The highest BCUT2D eigenvalue weighted by Gasteiger charge is 2.58. The van der Waals surface area contributed by atoms with Crippen LogP contribution in [-0.4, -0.2) is 95.1 Å². The molecule has 222 valence electrons. The number of esters is 2. The highest BCUT2D eigenvalue weighted by atomic mass is 16.7. The van der Waals surface area contributed by atoms with Gasteiger partial charge in [-0.25, -0.2) is 4.79 Å². The number of fused-ring (bicyclic) bond motifs is 3. The number of rotatable bonds is 7. The zero-order valence-electron chi connectivity index (χ0n) is 22.8. The van der Waals surface area contributed by atoms with Gasteiger partial charge in [0.15, 0.2) is 6.29 Å². The van der Waals surface area contributed by atoms with Crippen LogP contribution in [0.1, 0.15) is 18.4 Å². The maximum absolute atomic E-state index is 13.0. The SMILES string of the molecule is C=C1C(=O)O[C@@H]2[C@H]3C(=C)[C@@H](O[C@H]4O[C@H](CO)[C@H](O)[C@@H](O)[C@H]4O)C[C@H]3C(=C)C[C@@H](OC(=O)Cc3ccc(OC)cc3)[C@@H]12. The first-order valence-electron chi connectivity index (χ1n) is 13.6. The van der Waals surface area contributed by atoms with Crippen molar-refractivity contribution in [2.24, 2.45) is 17.8 Å². The number of aliphatic hydroxyl groups is 4. The van der Waals surface area contributed by atoms with E-state index in [9.17, 15) is 30.0 Å². The molecule has 4 aliphatic rings. The van der Waals surface area contributed by atoms with Crippen molar-refractivity contribution in [3.05, 3.63) is 66.3 Å². The summed E-state index contributed by atoms with van der Waals surface area (Å²) in [6.45, 7) is 11.8. The first-order valence-corrected chi connectivity index (χ1v) is 13.6. The van der Waals surface area contributed by atoms with E-state index in [1.54, 1.807) is 31.4 Å². The summed E-state index contributed by atoms with van der Waals surface area (Å²) >= 11 is 0. The molecule has 0 bridgehead atoms. The number of benzene rings is 1. The van der Waals surface area contributed by atoms with Crippen molar-refractivity contribution in [2.45, 2.75) is 68.3 Å². The van der Waals surface area contributed by atoms with Gasteiger partial charge in [0.2, 0.25) is 0 Å². The highest BCUT2D eigenvalue weighted by molar-refractivity contribution is 5.91. The molecule has 0 spiro atoms. The van der Waals surface area contributed by atoms with Crippen molar-refractivity contribution >= 4 is 11.9 Å². The quantitative estimate of drug-likeness (QED) is 0.206. The van der Waals surface area contributed by atoms with Gasteiger partial charge in [-0.2, -0.15) is 0 Å². The van der Waals surface area contributed by atoms with Crippen LogP contribution in [0.4, 0.5) is 0 Å². The predicted molar refractivity (Wildman–Crippen MR) is 142 cm³/mol. The lowest BCUT2D eigenvalue weighted by molar-refractivity contribution is -0.308. The van der Waals surface area contributed by atoms with Crippen molar-refractivity contribution in [3.8, 4) is 5.75 Å². The van der Waals surface area contributed by atoms with Crippen molar-refractivity contribution in [3.63, 3.8) is 0 Å². The molecule has 2 aliphatic heterocycles. The van der Waals surface area contributed by atoms with Crippen LogP contribution in [-0.2, 0) is 35.0 Å². The van der Waals surface area contributed by atoms with Gasteiger partial charge in [0, 0.05) is 17.9 Å². The molecule has 2 aliphatic carbocycles. The van der Waals surface area contributed by atoms with E-state index in [0.29, 0.717) is 17.7 Å². The maximum atomic E-state index is 13.0. The van der Waals surface area contributed by atoms with Crippen LogP contribution in [0.3, 0.4) is 0 Å². The van der Waals surface area contributed by atoms with Gasteiger partial charge in [-0.3, -0.25) is 4.79 Å².